The molecule has 0 aromatic carbocycles. The highest BCUT2D eigenvalue weighted by atomic mass is 35.5. The van der Waals surface area contributed by atoms with Crippen molar-refractivity contribution in [1.82, 2.24) is 0 Å². The molecule has 0 atom stereocenters. The third-order valence-corrected chi connectivity index (χ3v) is 0.949. The Bertz CT molecular complexity index is 83.1. The summed E-state index contributed by atoms with van der Waals surface area (Å²) in [5.41, 5.74) is 0. The largest absolute Gasteiger partial charge is 0.464 e. The third kappa shape index (κ3) is 5.63. The van der Waals surface area contributed by atoms with Gasteiger partial charge < -0.3 is 4.74 Å². The Morgan fingerprint density at radius 1 is 1.67 bits per heavy atom. The summed E-state index contributed by atoms with van der Waals surface area (Å²) in [6, 6.07) is 0. The average Bonchev–Trinajstić information content (AvgIpc) is 1.85. The van der Waals surface area contributed by atoms with E-state index in [1.54, 1.807) is 0 Å². The van der Waals surface area contributed by atoms with Gasteiger partial charge in [-0.3, -0.25) is 4.79 Å². The standard InChI is InChI=1S/C6H11ClO2/c1-2-3-6(8)9-5-4-7/h2-5H2,1H3. The molecule has 0 radical (unpaired) electrons. The lowest BCUT2D eigenvalue weighted by Crippen LogP contribution is -2.05. The van der Waals surface area contributed by atoms with Gasteiger partial charge in [0.1, 0.15) is 6.61 Å². The topological polar surface area (TPSA) is 26.3 Å². The summed E-state index contributed by atoms with van der Waals surface area (Å²) in [5.74, 6) is 0.230. The zero-order valence-corrected chi connectivity index (χ0v) is 6.28. The predicted molar refractivity (Wildman–Crippen MR) is 36.6 cm³/mol. The maximum atomic E-state index is 10.5. The number of rotatable bonds is 4. The molecule has 0 aliphatic rings. The van der Waals surface area contributed by atoms with Crippen LogP contribution in [0.5, 0.6) is 0 Å². The fourth-order valence-electron chi connectivity index (χ4n) is 0.429. The van der Waals surface area contributed by atoms with Gasteiger partial charge in [0.05, 0.1) is 5.88 Å². The lowest BCUT2D eigenvalue weighted by atomic mass is 10.3. The first-order valence-electron chi connectivity index (χ1n) is 3.02. The molecule has 9 heavy (non-hydrogen) atoms. The summed E-state index contributed by atoms with van der Waals surface area (Å²) in [4.78, 5) is 10.5. The predicted octanol–water partition coefficient (Wildman–Crippen LogP) is 1.57. The van der Waals surface area contributed by atoms with Crippen molar-refractivity contribution in [2.75, 3.05) is 12.5 Å². The van der Waals surface area contributed by atoms with Gasteiger partial charge in [-0.05, 0) is 6.42 Å². The Labute approximate surface area is 60.1 Å². The van der Waals surface area contributed by atoms with Gasteiger partial charge in [-0.15, -0.1) is 11.6 Å². The summed E-state index contributed by atoms with van der Waals surface area (Å²) in [6.07, 6.45) is 1.33. The van der Waals surface area contributed by atoms with Gasteiger partial charge in [0.15, 0.2) is 0 Å². The van der Waals surface area contributed by atoms with Gasteiger partial charge in [0.2, 0.25) is 0 Å². The average molecular weight is 151 g/mol. The minimum Gasteiger partial charge on any atom is -0.464 e. The first-order valence-corrected chi connectivity index (χ1v) is 3.56. The van der Waals surface area contributed by atoms with Crippen molar-refractivity contribution in [2.45, 2.75) is 19.8 Å². The van der Waals surface area contributed by atoms with Crippen molar-refractivity contribution >= 4 is 17.6 Å². The van der Waals surface area contributed by atoms with Crippen LogP contribution in [0.3, 0.4) is 0 Å². The molecule has 0 aromatic heterocycles. The number of hydrogen-bond donors (Lipinski definition) is 0. The fraction of sp³-hybridized carbons (Fsp3) is 0.833. The molecule has 0 aromatic rings. The molecule has 0 bridgehead atoms. The number of ether oxygens (including phenoxy) is 1. The number of carbonyl (C=O) groups excluding carboxylic acids is 1. The maximum Gasteiger partial charge on any atom is 0.305 e. The van der Waals surface area contributed by atoms with Gasteiger partial charge >= 0.3 is 5.97 Å². The number of carbonyl (C=O) groups is 1. The van der Waals surface area contributed by atoms with Crippen LogP contribution in [-0.2, 0) is 9.53 Å². The van der Waals surface area contributed by atoms with Gasteiger partial charge in [-0.25, -0.2) is 0 Å². The molecule has 0 saturated heterocycles. The lowest BCUT2D eigenvalue weighted by molar-refractivity contribution is -0.143. The molecule has 3 heteroatoms. The van der Waals surface area contributed by atoms with Crippen molar-refractivity contribution in [3.63, 3.8) is 0 Å². The van der Waals surface area contributed by atoms with Crippen LogP contribution in [-0.4, -0.2) is 18.5 Å². The van der Waals surface area contributed by atoms with Crippen LogP contribution in [0, 0.1) is 0 Å². The van der Waals surface area contributed by atoms with Crippen molar-refractivity contribution in [3.05, 3.63) is 0 Å². The molecule has 0 N–H and O–H groups in total. The number of esters is 1. The second-order valence-corrected chi connectivity index (χ2v) is 2.04. The van der Waals surface area contributed by atoms with Crippen molar-refractivity contribution in [3.8, 4) is 0 Å². The Kier molecular flexibility index (Phi) is 5.73. The second-order valence-electron chi connectivity index (χ2n) is 1.66. The van der Waals surface area contributed by atoms with E-state index in [9.17, 15) is 4.79 Å². The molecule has 0 rings (SSSR count). The third-order valence-electron chi connectivity index (χ3n) is 0.794. The Hall–Kier alpha value is -0.240. The minimum atomic E-state index is -0.154. The molecule has 0 fully saturated rings. The highest BCUT2D eigenvalue weighted by Gasteiger charge is 1.97. The van der Waals surface area contributed by atoms with E-state index < -0.39 is 0 Å². The van der Waals surface area contributed by atoms with E-state index in [0.717, 1.165) is 6.42 Å². The molecule has 0 amide bonds. The normalized spacial score (nSPS) is 9.11. The van der Waals surface area contributed by atoms with E-state index in [4.69, 9.17) is 11.6 Å². The van der Waals surface area contributed by atoms with Crippen molar-refractivity contribution in [1.29, 1.82) is 0 Å². The maximum absolute atomic E-state index is 10.5. The minimum absolute atomic E-state index is 0.154. The molecule has 54 valence electrons. The summed E-state index contributed by atoms with van der Waals surface area (Å²) in [6.45, 7) is 2.27. The number of alkyl halides is 1. The first-order chi connectivity index (χ1) is 4.31. The van der Waals surface area contributed by atoms with Gasteiger partial charge in [-0.2, -0.15) is 0 Å². The van der Waals surface area contributed by atoms with E-state index in [2.05, 4.69) is 4.74 Å². The lowest BCUT2D eigenvalue weighted by Gasteiger charge is -1.98. The van der Waals surface area contributed by atoms with Crippen LogP contribution >= 0.6 is 11.6 Å². The summed E-state index contributed by atoms with van der Waals surface area (Å²) in [7, 11) is 0. The molecule has 2 nitrogen and oxygen atoms in total. The van der Waals surface area contributed by atoms with Crippen LogP contribution < -0.4 is 0 Å². The van der Waals surface area contributed by atoms with Crippen LogP contribution in [0.15, 0.2) is 0 Å². The van der Waals surface area contributed by atoms with E-state index in [0.29, 0.717) is 18.9 Å². The van der Waals surface area contributed by atoms with Crippen LogP contribution in [0.4, 0.5) is 0 Å². The van der Waals surface area contributed by atoms with Crippen LogP contribution in [0.25, 0.3) is 0 Å². The molecular weight excluding hydrogens is 140 g/mol. The zero-order chi connectivity index (χ0) is 7.11. The van der Waals surface area contributed by atoms with Gasteiger partial charge in [-0.1, -0.05) is 6.92 Å². The number of halogens is 1. The first kappa shape index (κ1) is 8.76. The van der Waals surface area contributed by atoms with E-state index in [1.807, 2.05) is 6.92 Å². The molecular formula is C6H11ClO2. The fourth-order valence-corrected chi connectivity index (χ4v) is 0.506. The van der Waals surface area contributed by atoms with E-state index in [1.165, 1.54) is 0 Å². The van der Waals surface area contributed by atoms with Crippen LogP contribution in [0.1, 0.15) is 19.8 Å². The van der Waals surface area contributed by atoms with Crippen molar-refractivity contribution < 1.29 is 9.53 Å². The van der Waals surface area contributed by atoms with Crippen LogP contribution in [0.2, 0.25) is 0 Å². The smallest absolute Gasteiger partial charge is 0.305 e. The summed E-state index contributed by atoms with van der Waals surface area (Å²) < 4.78 is 4.66. The molecule has 0 aliphatic carbocycles. The Balaban J connectivity index is 3.06. The molecule has 0 saturated carbocycles. The SMILES string of the molecule is CCCC(=O)OCCCl. The molecule has 0 aliphatic heterocycles. The van der Waals surface area contributed by atoms with E-state index >= 15 is 0 Å². The quantitative estimate of drug-likeness (QED) is 0.449. The molecule has 0 heterocycles. The van der Waals surface area contributed by atoms with E-state index in [-0.39, 0.29) is 5.97 Å². The highest BCUT2D eigenvalue weighted by molar-refractivity contribution is 6.18. The van der Waals surface area contributed by atoms with Crippen molar-refractivity contribution in [2.24, 2.45) is 0 Å². The van der Waals surface area contributed by atoms with Gasteiger partial charge in [0.25, 0.3) is 0 Å². The molecule has 0 spiro atoms. The summed E-state index contributed by atoms with van der Waals surface area (Å²) in [5, 5.41) is 0. The molecule has 0 unspecified atom stereocenters. The van der Waals surface area contributed by atoms with Gasteiger partial charge in [0, 0.05) is 6.42 Å². The monoisotopic (exact) mass is 150 g/mol. The highest BCUT2D eigenvalue weighted by Crippen LogP contribution is 1.90. The Morgan fingerprint density at radius 3 is 2.78 bits per heavy atom. The Morgan fingerprint density at radius 2 is 2.33 bits per heavy atom. The summed E-state index contributed by atoms with van der Waals surface area (Å²) >= 11 is 5.27. The zero-order valence-electron chi connectivity index (χ0n) is 5.52. The second kappa shape index (κ2) is 5.89. The number of hydrogen-bond acceptors (Lipinski definition) is 2.